The first-order valence-electron chi connectivity index (χ1n) is 6.51. The van der Waals surface area contributed by atoms with Crippen molar-refractivity contribution in [1.82, 2.24) is 25.2 Å². The fraction of sp³-hybridized carbons (Fsp3) is 0.357. The highest BCUT2D eigenvalue weighted by molar-refractivity contribution is 5.91. The van der Waals surface area contributed by atoms with E-state index in [1.807, 2.05) is 38.2 Å². The standard InChI is InChI=1S/C14H19N5O.ClH/c1-11-5-4-6-12(9-11)19-10-13(16-17-19)14(20)18(3)8-7-15-2;/h4-6,9-10,15H,7-8H2,1-3H3;1H. The van der Waals surface area contributed by atoms with Gasteiger partial charge in [0.15, 0.2) is 5.69 Å². The van der Waals surface area contributed by atoms with Crippen LogP contribution in [-0.4, -0.2) is 53.0 Å². The predicted octanol–water partition coefficient (Wildman–Crippen LogP) is 1.29. The van der Waals surface area contributed by atoms with E-state index in [-0.39, 0.29) is 18.3 Å². The lowest BCUT2D eigenvalue weighted by Crippen LogP contribution is -2.33. The van der Waals surface area contributed by atoms with E-state index in [0.29, 0.717) is 12.2 Å². The van der Waals surface area contributed by atoms with Gasteiger partial charge in [0.1, 0.15) is 0 Å². The second-order valence-electron chi connectivity index (χ2n) is 4.72. The zero-order chi connectivity index (χ0) is 14.5. The smallest absolute Gasteiger partial charge is 0.275 e. The van der Waals surface area contributed by atoms with Gasteiger partial charge < -0.3 is 10.2 Å². The zero-order valence-electron chi connectivity index (χ0n) is 12.4. The van der Waals surface area contributed by atoms with Gasteiger partial charge in [-0.3, -0.25) is 4.79 Å². The molecule has 0 atom stereocenters. The topological polar surface area (TPSA) is 63.1 Å². The Labute approximate surface area is 130 Å². The van der Waals surface area contributed by atoms with Crippen LogP contribution in [0.4, 0.5) is 0 Å². The van der Waals surface area contributed by atoms with Crippen molar-refractivity contribution in [2.45, 2.75) is 6.92 Å². The van der Waals surface area contributed by atoms with Gasteiger partial charge in [0.05, 0.1) is 11.9 Å². The number of benzene rings is 1. The molecule has 0 aliphatic carbocycles. The van der Waals surface area contributed by atoms with Crippen molar-refractivity contribution < 1.29 is 4.79 Å². The maximum atomic E-state index is 12.1. The molecule has 7 heteroatoms. The molecular formula is C14H20ClN5O. The summed E-state index contributed by atoms with van der Waals surface area (Å²) in [6.45, 7) is 3.39. The summed E-state index contributed by atoms with van der Waals surface area (Å²) in [6.07, 6.45) is 1.66. The molecule has 0 saturated carbocycles. The van der Waals surface area contributed by atoms with Crippen molar-refractivity contribution >= 4 is 18.3 Å². The van der Waals surface area contributed by atoms with Crippen molar-refractivity contribution in [3.63, 3.8) is 0 Å². The third-order valence-electron chi connectivity index (χ3n) is 3.02. The SMILES string of the molecule is CNCCN(C)C(=O)c1cn(-c2cccc(C)c2)nn1.Cl. The van der Waals surface area contributed by atoms with Gasteiger partial charge in [0.25, 0.3) is 5.91 Å². The van der Waals surface area contributed by atoms with Crippen molar-refractivity contribution in [2.75, 3.05) is 27.2 Å². The number of hydrogen-bond donors (Lipinski definition) is 1. The molecule has 0 saturated heterocycles. The van der Waals surface area contributed by atoms with Crippen molar-refractivity contribution in [3.05, 3.63) is 41.7 Å². The summed E-state index contributed by atoms with van der Waals surface area (Å²) in [5.74, 6) is -0.126. The van der Waals surface area contributed by atoms with E-state index in [1.165, 1.54) is 0 Å². The van der Waals surface area contributed by atoms with Gasteiger partial charge in [-0.2, -0.15) is 0 Å². The molecule has 1 aromatic heterocycles. The summed E-state index contributed by atoms with van der Waals surface area (Å²) in [6, 6.07) is 7.89. The number of aryl methyl sites for hydroxylation is 1. The first-order chi connectivity index (χ1) is 9.61. The van der Waals surface area contributed by atoms with E-state index >= 15 is 0 Å². The Hall–Kier alpha value is -1.92. The van der Waals surface area contributed by atoms with Crippen LogP contribution >= 0.6 is 12.4 Å². The third-order valence-corrected chi connectivity index (χ3v) is 3.02. The summed E-state index contributed by atoms with van der Waals surface area (Å²) in [4.78, 5) is 13.8. The van der Waals surface area contributed by atoms with E-state index in [1.54, 1.807) is 22.8 Å². The number of carbonyl (C=O) groups is 1. The maximum Gasteiger partial charge on any atom is 0.275 e. The van der Waals surface area contributed by atoms with Gasteiger partial charge in [0, 0.05) is 20.1 Å². The van der Waals surface area contributed by atoms with Crippen molar-refractivity contribution in [1.29, 1.82) is 0 Å². The molecule has 2 aromatic rings. The second kappa shape index (κ2) is 7.75. The van der Waals surface area contributed by atoms with Crippen LogP contribution < -0.4 is 5.32 Å². The molecule has 1 N–H and O–H groups in total. The minimum absolute atomic E-state index is 0. The Morgan fingerprint density at radius 1 is 1.43 bits per heavy atom. The maximum absolute atomic E-state index is 12.1. The number of aromatic nitrogens is 3. The fourth-order valence-corrected chi connectivity index (χ4v) is 1.84. The molecule has 0 unspecified atom stereocenters. The molecule has 1 heterocycles. The highest BCUT2D eigenvalue weighted by atomic mass is 35.5. The fourth-order valence-electron chi connectivity index (χ4n) is 1.84. The number of halogens is 1. The molecule has 21 heavy (non-hydrogen) atoms. The zero-order valence-corrected chi connectivity index (χ0v) is 13.2. The molecule has 6 nitrogen and oxygen atoms in total. The largest absolute Gasteiger partial charge is 0.339 e. The van der Waals surface area contributed by atoms with Crippen LogP contribution in [0.3, 0.4) is 0 Å². The number of carbonyl (C=O) groups excluding carboxylic acids is 1. The Bertz CT molecular complexity index is 599. The lowest BCUT2D eigenvalue weighted by Gasteiger charge is -2.14. The lowest BCUT2D eigenvalue weighted by molar-refractivity contribution is 0.0791. The first-order valence-corrected chi connectivity index (χ1v) is 6.51. The highest BCUT2D eigenvalue weighted by Crippen LogP contribution is 2.09. The van der Waals surface area contributed by atoms with Gasteiger partial charge in [-0.05, 0) is 31.7 Å². The molecule has 1 aromatic carbocycles. The number of hydrogen-bond acceptors (Lipinski definition) is 4. The summed E-state index contributed by atoms with van der Waals surface area (Å²) in [5.41, 5.74) is 2.39. The summed E-state index contributed by atoms with van der Waals surface area (Å²) >= 11 is 0. The van der Waals surface area contributed by atoms with Gasteiger partial charge in [-0.25, -0.2) is 4.68 Å². The number of nitrogens with zero attached hydrogens (tertiary/aromatic N) is 4. The number of rotatable bonds is 5. The number of amides is 1. The second-order valence-corrected chi connectivity index (χ2v) is 4.72. The number of nitrogens with one attached hydrogen (secondary N) is 1. The minimum atomic E-state index is -0.126. The van der Waals surface area contributed by atoms with Crippen LogP contribution in [0.2, 0.25) is 0 Å². The van der Waals surface area contributed by atoms with E-state index in [4.69, 9.17) is 0 Å². The van der Waals surface area contributed by atoms with Crippen LogP contribution in [0, 0.1) is 6.92 Å². The Morgan fingerprint density at radius 2 is 2.19 bits per heavy atom. The number of likely N-dealkylation sites (N-methyl/N-ethyl adjacent to an activating group) is 2. The minimum Gasteiger partial charge on any atom is -0.339 e. The Kier molecular flexibility index (Phi) is 6.33. The lowest BCUT2D eigenvalue weighted by atomic mass is 10.2. The molecule has 0 aliphatic heterocycles. The van der Waals surface area contributed by atoms with Crippen LogP contribution in [0.15, 0.2) is 30.5 Å². The highest BCUT2D eigenvalue weighted by Gasteiger charge is 2.15. The first kappa shape index (κ1) is 17.1. The van der Waals surface area contributed by atoms with Gasteiger partial charge in [0.2, 0.25) is 0 Å². The molecular weight excluding hydrogens is 290 g/mol. The molecule has 114 valence electrons. The monoisotopic (exact) mass is 309 g/mol. The van der Waals surface area contributed by atoms with Crippen molar-refractivity contribution in [3.8, 4) is 5.69 Å². The summed E-state index contributed by atoms with van der Waals surface area (Å²) in [5, 5.41) is 11.0. The molecule has 1 amide bonds. The van der Waals surface area contributed by atoms with Crippen molar-refractivity contribution in [2.24, 2.45) is 0 Å². The Morgan fingerprint density at radius 3 is 2.86 bits per heavy atom. The van der Waals surface area contributed by atoms with Crippen LogP contribution in [0.25, 0.3) is 5.69 Å². The van der Waals surface area contributed by atoms with Crippen LogP contribution in [0.1, 0.15) is 16.1 Å². The van der Waals surface area contributed by atoms with Gasteiger partial charge >= 0.3 is 0 Å². The van der Waals surface area contributed by atoms with Gasteiger partial charge in [-0.1, -0.05) is 17.3 Å². The molecule has 2 rings (SSSR count). The van der Waals surface area contributed by atoms with E-state index in [9.17, 15) is 4.79 Å². The summed E-state index contributed by atoms with van der Waals surface area (Å²) in [7, 11) is 3.61. The van der Waals surface area contributed by atoms with E-state index in [0.717, 1.165) is 17.8 Å². The molecule has 0 spiro atoms. The third kappa shape index (κ3) is 4.27. The average Bonchev–Trinajstić information content (AvgIpc) is 2.93. The normalized spacial score (nSPS) is 10.0. The van der Waals surface area contributed by atoms with Crippen LogP contribution in [0.5, 0.6) is 0 Å². The predicted molar refractivity (Wildman–Crippen MR) is 84.2 cm³/mol. The molecule has 0 aliphatic rings. The summed E-state index contributed by atoms with van der Waals surface area (Å²) < 4.78 is 1.62. The quantitative estimate of drug-likeness (QED) is 0.904. The van der Waals surface area contributed by atoms with E-state index in [2.05, 4.69) is 15.6 Å². The van der Waals surface area contributed by atoms with Crippen LogP contribution in [-0.2, 0) is 0 Å². The Balaban J connectivity index is 0.00000220. The molecule has 0 bridgehead atoms. The molecule has 0 fully saturated rings. The molecule has 0 radical (unpaired) electrons. The van der Waals surface area contributed by atoms with E-state index < -0.39 is 0 Å². The average molecular weight is 310 g/mol. The van der Waals surface area contributed by atoms with Gasteiger partial charge in [-0.15, -0.1) is 17.5 Å².